The molecule has 0 radical (unpaired) electrons. The second kappa shape index (κ2) is 7.19. The molecule has 1 unspecified atom stereocenters. The Kier molecular flexibility index (Phi) is 5.89. The van der Waals surface area contributed by atoms with E-state index in [0.29, 0.717) is 11.9 Å². The van der Waals surface area contributed by atoms with Crippen LogP contribution in [0.3, 0.4) is 0 Å². The van der Waals surface area contributed by atoms with Crippen LogP contribution in [0.5, 0.6) is 0 Å². The van der Waals surface area contributed by atoms with Gasteiger partial charge in [-0.2, -0.15) is 0 Å². The number of aromatic nitrogens is 2. The Bertz CT molecular complexity index is 376. The molecule has 0 aliphatic rings. The minimum absolute atomic E-state index is 0.425. The molecule has 4 nitrogen and oxygen atoms in total. The van der Waals surface area contributed by atoms with Crippen molar-refractivity contribution in [2.45, 2.75) is 65.8 Å². The molecule has 0 spiro atoms. The number of nitrogen functional groups attached to an aromatic ring is 1. The van der Waals surface area contributed by atoms with Crippen molar-refractivity contribution in [3.8, 4) is 0 Å². The van der Waals surface area contributed by atoms with Crippen molar-refractivity contribution < 1.29 is 0 Å². The van der Waals surface area contributed by atoms with E-state index < -0.39 is 0 Å². The maximum atomic E-state index is 5.90. The van der Waals surface area contributed by atoms with E-state index in [4.69, 9.17) is 5.73 Å². The Hall–Kier alpha value is -1.32. The van der Waals surface area contributed by atoms with E-state index in [1.165, 1.54) is 25.7 Å². The number of anilines is 2. The van der Waals surface area contributed by atoms with Gasteiger partial charge in [0.2, 0.25) is 0 Å². The smallest absolute Gasteiger partial charge is 0.134 e. The van der Waals surface area contributed by atoms with Gasteiger partial charge in [0.1, 0.15) is 17.5 Å². The monoisotopic (exact) mass is 250 g/mol. The summed E-state index contributed by atoms with van der Waals surface area (Å²) >= 11 is 0. The molecule has 102 valence electrons. The predicted molar refractivity (Wildman–Crippen MR) is 77.8 cm³/mol. The molecular weight excluding hydrogens is 224 g/mol. The van der Waals surface area contributed by atoms with Crippen LogP contribution in [0.4, 0.5) is 11.6 Å². The van der Waals surface area contributed by atoms with E-state index in [0.717, 1.165) is 23.6 Å². The van der Waals surface area contributed by atoms with Crippen molar-refractivity contribution in [3.05, 3.63) is 11.4 Å². The number of nitrogens with one attached hydrogen (secondary N) is 1. The summed E-state index contributed by atoms with van der Waals surface area (Å²) in [5.41, 5.74) is 6.86. The molecule has 1 aromatic rings. The van der Waals surface area contributed by atoms with Crippen LogP contribution in [0.2, 0.25) is 0 Å². The lowest BCUT2D eigenvalue weighted by atomic mass is 10.1. The summed E-state index contributed by atoms with van der Waals surface area (Å²) in [5, 5.41) is 3.45. The predicted octanol–water partition coefficient (Wildman–Crippen LogP) is 3.31. The van der Waals surface area contributed by atoms with Crippen molar-refractivity contribution in [2.75, 3.05) is 11.1 Å². The molecule has 0 saturated heterocycles. The van der Waals surface area contributed by atoms with Gasteiger partial charge in [-0.25, -0.2) is 9.97 Å². The molecule has 0 bridgehead atoms. The van der Waals surface area contributed by atoms with Gasteiger partial charge in [0.25, 0.3) is 0 Å². The third kappa shape index (κ3) is 4.17. The molecule has 1 aromatic heterocycles. The van der Waals surface area contributed by atoms with Gasteiger partial charge in [-0.05, 0) is 20.3 Å². The third-order valence-electron chi connectivity index (χ3n) is 3.17. The molecule has 1 rings (SSSR count). The van der Waals surface area contributed by atoms with Gasteiger partial charge in [0.05, 0.1) is 0 Å². The Labute approximate surface area is 110 Å². The highest BCUT2D eigenvalue weighted by molar-refractivity contribution is 5.55. The minimum Gasteiger partial charge on any atom is -0.383 e. The van der Waals surface area contributed by atoms with Crippen LogP contribution >= 0.6 is 0 Å². The lowest BCUT2D eigenvalue weighted by Crippen LogP contribution is -2.18. The molecule has 0 fully saturated rings. The molecule has 0 aliphatic heterocycles. The fraction of sp³-hybridized carbons (Fsp3) is 0.714. The topological polar surface area (TPSA) is 63.8 Å². The normalized spacial score (nSPS) is 12.4. The van der Waals surface area contributed by atoms with Gasteiger partial charge in [-0.1, -0.05) is 33.1 Å². The van der Waals surface area contributed by atoms with Crippen molar-refractivity contribution in [3.63, 3.8) is 0 Å². The maximum Gasteiger partial charge on any atom is 0.134 e. The minimum atomic E-state index is 0.425. The van der Waals surface area contributed by atoms with Crippen LogP contribution in [-0.4, -0.2) is 16.0 Å². The number of hydrogen-bond acceptors (Lipinski definition) is 4. The third-order valence-corrected chi connectivity index (χ3v) is 3.17. The van der Waals surface area contributed by atoms with Gasteiger partial charge in [0, 0.05) is 18.0 Å². The number of nitrogens with zero attached hydrogens (tertiary/aromatic N) is 2. The first-order valence-corrected chi connectivity index (χ1v) is 6.98. The van der Waals surface area contributed by atoms with Gasteiger partial charge >= 0.3 is 0 Å². The molecule has 4 heteroatoms. The van der Waals surface area contributed by atoms with Crippen LogP contribution in [0, 0.1) is 6.92 Å². The molecule has 18 heavy (non-hydrogen) atoms. The van der Waals surface area contributed by atoms with Crippen LogP contribution < -0.4 is 11.1 Å². The zero-order valence-corrected chi connectivity index (χ0v) is 12.1. The number of hydrogen-bond donors (Lipinski definition) is 2. The number of aryl methyl sites for hydroxylation is 1. The second-order valence-corrected chi connectivity index (χ2v) is 4.89. The van der Waals surface area contributed by atoms with Gasteiger partial charge < -0.3 is 11.1 Å². The summed E-state index contributed by atoms with van der Waals surface area (Å²) in [7, 11) is 0. The van der Waals surface area contributed by atoms with E-state index in [9.17, 15) is 0 Å². The Morgan fingerprint density at radius 2 is 1.94 bits per heavy atom. The zero-order valence-electron chi connectivity index (χ0n) is 12.1. The van der Waals surface area contributed by atoms with E-state index in [1.807, 2.05) is 13.8 Å². The maximum absolute atomic E-state index is 5.90. The zero-order chi connectivity index (χ0) is 13.5. The lowest BCUT2D eigenvalue weighted by Gasteiger charge is -2.17. The van der Waals surface area contributed by atoms with E-state index in [2.05, 4.69) is 29.1 Å². The first kappa shape index (κ1) is 14.7. The highest BCUT2D eigenvalue weighted by Crippen LogP contribution is 2.19. The molecule has 0 aromatic carbocycles. The van der Waals surface area contributed by atoms with Crippen LogP contribution in [0.15, 0.2) is 0 Å². The Morgan fingerprint density at radius 1 is 1.22 bits per heavy atom. The van der Waals surface area contributed by atoms with Gasteiger partial charge in [0.15, 0.2) is 0 Å². The quantitative estimate of drug-likeness (QED) is 0.729. The van der Waals surface area contributed by atoms with Gasteiger partial charge in [-0.3, -0.25) is 0 Å². The molecule has 3 N–H and O–H groups in total. The van der Waals surface area contributed by atoms with E-state index in [-0.39, 0.29) is 0 Å². The largest absolute Gasteiger partial charge is 0.383 e. The first-order chi connectivity index (χ1) is 8.58. The van der Waals surface area contributed by atoms with Crippen molar-refractivity contribution in [2.24, 2.45) is 0 Å². The number of nitrogens with two attached hydrogens (primary N) is 1. The average molecular weight is 250 g/mol. The highest BCUT2D eigenvalue weighted by atomic mass is 15.1. The molecule has 0 saturated carbocycles. The number of unbranched alkanes of at least 4 members (excludes halogenated alkanes) is 2. The number of rotatable bonds is 7. The molecular formula is C14H26N4. The SMILES string of the molecule is CCCCCC(C)Nc1nc(CC)nc(N)c1C. The van der Waals surface area contributed by atoms with Crippen LogP contribution in [0.25, 0.3) is 0 Å². The summed E-state index contributed by atoms with van der Waals surface area (Å²) in [6, 6.07) is 0.425. The van der Waals surface area contributed by atoms with E-state index in [1.54, 1.807) is 0 Å². The standard InChI is InChI=1S/C14H26N4/c1-5-7-8-9-10(3)16-14-11(4)13(15)17-12(6-2)18-14/h10H,5-9H2,1-4H3,(H3,15,16,17,18). The fourth-order valence-electron chi connectivity index (χ4n) is 1.89. The molecule has 1 heterocycles. The Morgan fingerprint density at radius 3 is 2.56 bits per heavy atom. The van der Waals surface area contributed by atoms with Gasteiger partial charge in [-0.15, -0.1) is 0 Å². The summed E-state index contributed by atoms with van der Waals surface area (Å²) < 4.78 is 0. The first-order valence-electron chi connectivity index (χ1n) is 6.98. The molecule has 1 atom stereocenters. The summed E-state index contributed by atoms with van der Waals surface area (Å²) in [4.78, 5) is 8.78. The summed E-state index contributed by atoms with van der Waals surface area (Å²) in [6.45, 7) is 8.42. The van der Waals surface area contributed by atoms with Crippen LogP contribution in [0.1, 0.15) is 57.8 Å². The van der Waals surface area contributed by atoms with Crippen molar-refractivity contribution >= 4 is 11.6 Å². The van der Waals surface area contributed by atoms with E-state index >= 15 is 0 Å². The molecule has 0 aliphatic carbocycles. The van der Waals surface area contributed by atoms with Crippen LogP contribution in [-0.2, 0) is 6.42 Å². The van der Waals surface area contributed by atoms with Crippen molar-refractivity contribution in [1.29, 1.82) is 0 Å². The van der Waals surface area contributed by atoms with Crippen molar-refractivity contribution in [1.82, 2.24) is 9.97 Å². The lowest BCUT2D eigenvalue weighted by molar-refractivity contribution is 0.613. The molecule has 0 amide bonds. The average Bonchev–Trinajstić information content (AvgIpc) is 2.35. The summed E-state index contributed by atoms with van der Waals surface area (Å²) in [5.74, 6) is 2.29. The highest BCUT2D eigenvalue weighted by Gasteiger charge is 2.10. The Balaban J connectivity index is 2.68. The fourth-order valence-corrected chi connectivity index (χ4v) is 1.89. The summed E-state index contributed by atoms with van der Waals surface area (Å²) in [6.07, 6.45) is 5.77. The second-order valence-electron chi connectivity index (χ2n) is 4.89.